The fourth-order valence-corrected chi connectivity index (χ4v) is 2.73. The number of hydrogen-bond acceptors (Lipinski definition) is 4. The maximum Gasteiger partial charge on any atom is 0.410 e. The number of ether oxygens (including phenoxy) is 1. The van der Waals surface area contributed by atoms with Gasteiger partial charge in [0.25, 0.3) is 0 Å². The molecule has 128 valence electrons. The highest BCUT2D eigenvalue weighted by molar-refractivity contribution is 5.68. The van der Waals surface area contributed by atoms with Crippen LogP contribution in [0.25, 0.3) is 0 Å². The zero-order chi connectivity index (χ0) is 16.9. The standard InChI is InChI=1S/C16H30N2O4/c1-11(8-9-14(19)20)17-13-7-6-10-18(12(13)2)15(21)22-16(3,4)5/h11-13,17H,6-10H2,1-5H3,(H,19,20). The van der Waals surface area contributed by atoms with Gasteiger partial charge in [0.15, 0.2) is 0 Å². The molecule has 22 heavy (non-hydrogen) atoms. The number of nitrogens with zero attached hydrogens (tertiary/aromatic N) is 1. The summed E-state index contributed by atoms with van der Waals surface area (Å²) in [4.78, 5) is 24.7. The van der Waals surface area contributed by atoms with Crippen molar-refractivity contribution in [1.29, 1.82) is 0 Å². The summed E-state index contributed by atoms with van der Waals surface area (Å²) >= 11 is 0. The van der Waals surface area contributed by atoms with Gasteiger partial charge < -0.3 is 20.1 Å². The van der Waals surface area contributed by atoms with E-state index in [1.807, 2.05) is 34.6 Å². The van der Waals surface area contributed by atoms with E-state index in [0.717, 1.165) is 12.8 Å². The molecule has 0 aromatic carbocycles. The molecule has 1 aliphatic rings. The molecule has 0 spiro atoms. The second-order valence-electron chi connectivity index (χ2n) is 7.16. The molecule has 1 saturated heterocycles. The van der Waals surface area contributed by atoms with Gasteiger partial charge in [0.1, 0.15) is 5.60 Å². The molecule has 6 heteroatoms. The molecule has 0 aromatic heterocycles. The van der Waals surface area contributed by atoms with E-state index >= 15 is 0 Å². The summed E-state index contributed by atoms with van der Waals surface area (Å²) < 4.78 is 5.46. The van der Waals surface area contributed by atoms with E-state index < -0.39 is 11.6 Å². The number of nitrogens with one attached hydrogen (secondary N) is 1. The molecule has 3 atom stereocenters. The van der Waals surface area contributed by atoms with Gasteiger partial charge in [-0.2, -0.15) is 0 Å². The topological polar surface area (TPSA) is 78.9 Å². The minimum Gasteiger partial charge on any atom is -0.481 e. The van der Waals surface area contributed by atoms with Crippen LogP contribution in [-0.4, -0.2) is 52.3 Å². The van der Waals surface area contributed by atoms with Gasteiger partial charge in [-0.3, -0.25) is 4.79 Å². The Kier molecular flexibility index (Phi) is 6.66. The first-order valence-electron chi connectivity index (χ1n) is 8.07. The molecule has 6 nitrogen and oxygen atoms in total. The number of amides is 1. The predicted molar refractivity (Wildman–Crippen MR) is 84.9 cm³/mol. The van der Waals surface area contributed by atoms with Gasteiger partial charge in [-0.25, -0.2) is 4.79 Å². The molecule has 0 bridgehead atoms. The Balaban J connectivity index is 2.56. The molecule has 1 rings (SSSR count). The number of hydrogen-bond donors (Lipinski definition) is 2. The van der Waals surface area contributed by atoms with Crippen molar-refractivity contribution >= 4 is 12.1 Å². The van der Waals surface area contributed by atoms with Crippen molar-refractivity contribution in [3.05, 3.63) is 0 Å². The third kappa shape index (κ3) is 6.22. The van der Waals surface area contributed by atoms with Crippen molar-refractivity contribution in [3.8, 4) is 0 Å². The molecular weight excluding hydrogens is 284 g/mol. The van der Waals surface area contributed by atoms with Gasteiger partial charge in [0, 0.05) is 31.1 Å². The van der Waals surface area contributed by atoms with Crippen LogP contribution in [0.1, 0.15) is 60.3 Å². The maximum atomic E-state index is 12.3. The van der Waals surface area contributed by atoms with Crippen LogP contribution in [0, 0.1) is 0 Å². The first kappa shape index (κ1) is 18.7. The Hall–Kier alpha value is -1.30. The fraction of sp³-hybridized carbons (Fsp3) is 0.875. The lowest BCUT2D eigenvalue weighted by Gasteiger charge is -2.41. The first-order valence-corrected chi connectivity index (χ1v) is 8.07. The largest absolute Gasteiger partial charge is 0.481 e. The van der Waals surface area contributed by atoms with Gasteiger partial charge in [-0.05, 0) is 53.9 Å². The number of carbonyl (C=O) groups is 2. The second-order valence-corrected chi connectivity index (χ2v) is 7.16. The Morgan fingerprint density at radius 1 is 1.41 bits per heavy atom. The van der Waals surface area contributed by atoms with Gasteiger partial charge in [0.2, 0.25) is 0 Å². The summed E-state index contributed by atoms with van der Waals surface area (Å²) in [5.41, 5.74) is -0.494. The molecule has 3 unspecified atom stereocenters. The number of carbonyl (C=O) groups excluding carboxylic acids is 1. The SMILES string of the molecule is CC(CCC(=O)O)NC1CCCN(C(=O)OC(C)(C)C)C1C. The summed E-state index contributed by atoms with van der Waals surface area (Å²) in [6.45, 7) is 10.3. The van der Waals surface area contributed by atoms with Crippen LogP contribution in [0.3, 0.4) is 0 Å². The van der Waals surface area contributed by atoms with E-state index in [0.29, 0.717) is 13.0 Å². The van der Waals surface area contributed by atoms with Crippen LogP contribution >= 0.6 is 0 Å². The van der Waals surface area contributed by atoms with E-state index in [4.69, 9.17) is 9.84 Å². The summed E-state index contributed by atoms with van der Waals surface area (Å²) in [5.74, 6) is -0.777. The summed E-state index contributed by atoms with van der Waals surface area (Å²) in [7, 11) is 0. The quantitative estimate of drug-likeness (QED) is 0.815. The second kappa shape index (κ2) is 7.81. The van der Waals surface area contributed by atoms with Crippen LogP contribution in [0.2, 0.25) is 0 Å². The van der Waals surface area contributed by atoms with E-state index in [2.05, 4.69) is 5.32 Å². The van der Waals surface area contributed by atoms with Crippen LogP contribution in [0.15, 0.2) is 0 Å². The monoisotopic (exact) mass is 314 g/mol. The van der Waals surface area contributed by atoms with Crippen LogP contribution < -0.4 is 5.32 Å². The average Bonchev–Trinajstić information content (AvgIpc) is 2.36. The summed E-state index contributed by atoms with van der Waals surface area (Å²) in [5, 5.41) is 12.2. The summed E-state index contributed by atoms with van der Waals surface area (Å²) in [6.07, 6.45) is 2.38. The Bertz CT molecular complexity index is 392. The molecule has 1 heterocycles. The molecule has 1 amide bonds. The predicted octanol–water partition coefficient (Wildman–Crippen LogP) is 2.62. The molecule has 0 saturated carbocycles. The molecule has 2 N–H and O–H groups in total. The zero-order valence-corrected chi connectivity index (χ0v) is 14.4. The van der Waals surface area contributed by atoms with Crippen molar-refractivity contribution < 1.29 is 19.4 Å². The average molecular weight is 314 g/mol. The highest BCUT2D eigenvalue weighted by Gasteiger charge is 2.34. The highest BCUT2D eigenvalue weighted by atomic mass is 16.6. The molecular formula is C16H30N2O4. The lowest BCUT2D eigenvalue weighted by Crippen LogP contribution is -2.56. The van der Waals surface area contributed by atoms with Crippen molar-refractivity contribution in [2.45, 2.75) is 84.0 Å². The van der Waals surface area contributed by atoms with Gasteiger partial charge in [0.05, 0.1) is 0 Å². The third-order valence-corrected chi connectivity index (χ3v) is 3.91. The maximum absolute atomic E-state index is 12.3. The van der Waals surface area contributed by atoms with Crippen molar-refractivity contribution in [2.24, 2.45) is 0 Å². The Morgan fingerprint density at radius 2 is 2.05 bits per heavy atom. The first-order chi connectivity index (χ1) is 10.1. The van der Waals surface area contributed by atoms with E-state index in [1.165, 1.54) is 0 Å². The number of carboxylic acids is 1. The Morgan fingerprint density at radius 3 is 2.59 bits per heavy atom. The van der Waals surface area contributed by atoms with Crippen LogP contribution in [-0.2, 0) is 9.53 Å². The highest BCUT2D eigenvalue weighted by Crippen LogP contribution is 2.21. The normalized spacial score (nSPS) is 24.0. The number of carboxylic acid groups (broad SMARTS) is 1. The molecule has 0 radical (unpaired) electrons. The minimum atomic E-state index is -0.777. The van der Waals surface area contributed by atoms with Crippen molar-refractivity contribution in [1.82, 2.24) is 10.2 Å². The smallest absolute Gasteiger partial charge is 0.410 e. The zero-order valence-electron chi connectivity index (χ0n) is 14.4. The fourth-order valence-electron chi connectivity index (χ4n) is 2.73. The molecule has 1 aliphatic heterocycles. The minimum absolute atomic E-state index is 0.0379. The van der Waals surface area contributed by atoms with Gasteiger partial charge >= 0.3 is 12.1 Å². The number of rotatable bonds is 5. The van der Waals surface area contributed by atoms with Crippen LogP contribution in [0.5, 0.6) is 0 Å². The van der Waals surface area contributed by atoms with Crippen molar-refractivity contribution in [2.75, 3.05) is 6.54 Å². The van der Waals surface area contributed by atoms with Gasteiger partial charge in [-0.15, -0.1) is 0 Å². The molecule has 0 aliphatic carbocycles. The van der Waals surface area contributed by atoms with E-state index in [1.54, 1.807) is 4.90 Å². The molecule has 1 fully saturated rings. The van der Waals surface area contributed by atoms with E-state index in [-0.39, 0.29) is 30.6 Å². The summed E-state index contributed by atoms with van der Waals surface area (Å²) in [6, 6.07) is 0.322. The lowest BCUT2D eigenvalue weighted by atomic mass is 9.96. The van der Waals surface area contributed by atoms with E-state index in [9.17, 15) is 9.59 Å². The number of likely N-dealkylation sites (tertiary alicyclic amines) is 1. The lowest BCUT2D eigenvalue weighted by molar-refractivity contribution is -0.137. The Labute approximate surface area is 133 Å². The third-order valence-electron chi connectivity index (χ3n) is 3.91. The number of aliphatic carboxylic acids is 1. The van der Waals surface area contributed by atoms with Gasteiger partial charge in [-0.1, -0.05) is 0 Å². The van der Waals surface area contributed by atoms with Crippen LogP contribution in [0.4, 0.5) is 4.79 Å². The number of piperidine rings is 1. The van der Waals surface area contributed by atoms with Crippen molar-refractivity contribution in [3.63, 3.8) is 0 Å². The molecule has 0 aromatic rings.